The van der Waals surface area contributed by atoms with Crippen molar-refractivity contribution in [1.29, 1.82) is 0 Å². The van der Waals surface area contributed by atoms with Crippen LogP contribution < -0.4 is 10.1 Å². The molecule has 3 rings (SSSR count). The third-order valence-corrected chi connectivity index (χ3v) is 5.39. The van der Waals surface area contributed by atoms with E-state index in [-0.39, 0.29) is 11.1 Å². The highest BCUT2D eigenvalue weighted by Crippen LogP contribution is 2.23. The second-order valence-corrected chi connectivity index (χ2v) is 7.88. The number of rotatable bonds is 6. The molecule has 0 bridgehead atoms. The van der Waals surface area contributed by atoms with Crippen molar-refractivity contribution in [3.05, 3.63) is 71.1 Å². The summed E-state index contributed by atoms with van der Waals surface area (Å²) in [6.07, 6.45) is 0. The number of hydrogen-bond donors (Lipinski definition) is 1. The van der Waals surface area contributed by atoms with Gasteiger partial charge in [-0.1, -0.05) is 11.2 Å². The number of aryl methyl sites for hydroxylation is 2. The Bertz CT molecular complexity index is 1030. The van der Waals surface area contributed by atoms with E-state index in [1.54, 1.807) is 62.6 Å². The van der Waals surface area contributed by atoms with Gasteiger partial charge in [-0.2, -0.15) is 0 Å². The highest BCUT2D eigenvalue weighted by molar-refractivity contribution is 8.13. The molecule has 2 aromatic carbocycles. The highest BCUT2D eigenvalue weighted by Gasteiger charge is 2.12. The van der Waals surface area contributed by atoms with E-state index in [2.05, 4.69) is 10.5 Å². The molecule has 0 atom stereocenters. The number of carbonyl (C=O) groups excluding carboxylic acids is 2. The number of aromatic nitrogens is 1. The van der Waals surface area contributed by atoms with Gasteiger partial charge in [0.05, 0.1) is 11.3 Å². The summed E-state index contributed by atoms with van der Waals surface area (Å²) < 4.78 is 10.9. The van der Waals surface area contributed by atoms with Gasteiger partial charge in [0, 0.05) is 30.2 Å². The molecule has 30 heavy (non-hydrogen) atoms. The van der Waals surface area contributed by atoms with Crippen LogP contribution in [0.4, 0.5) is 10.5 Å². The Hall–Kier alpha value is -3.26. The van der Waals surface area contributed by atoms with Crippen molar-refractivity contribution in [3.8, 4) is 5.75 Å². The topological polar surface area (TPSA) is 84.7 Å². The lowest BCUT2D eigenvalue weighted by Crippen LogP contribution is -2.16. The van der Waals surface area contributed by atoms with Crippen LogP contribution in [0.2, 0.25) is 0 Å². The fraction of sp³-hybridized carbons (Fsp3) is 0.227. The average molecular weight is 426 g/mol. The maximum atomic E-state index is 12.6. The second-order valence-electron chi connectivity index (χ2n) is 6.86. The first kappa shape index (κ1) is 21.4. The van der Waals surface area contributed by atoms with Crippen LogP contribution in [0.25, 0.3) is 0 Å². The fourth-order valence-corrected chi connectivity index (χ4v) is 3.25. The van der Waals surface area contributed by atoms with E-state index in [4.69, 9.17) is 9.26 Å². The molecule has 8 heteroatoms. The first-order chi connectivity index (χ1) is 14.3. The minimum atomic E-state index is -0.248. The SMILES string of the molecule is Cc1noc(C)c1COc1cccc(C(=O)Nc2ccc(SC(=O)N(C)C)cc2)c1. The van der Waals surface area contributed by atoms with Crippen LogP contribution in [0.1, 0.15) is 27.4 Å². The molecule has 156 valence electrons. The van der Waals surface area contributed by atoms with Crippen molar-refractivity contribution >= 4 is 28.6 Å². The smallest absolute Gasteiger partial charge is 0.285 e. The molecule has 0 aliphatic rings. The summed E-state index contributed by atoms with van der Waals surface area (Å²) in [5.41, 5.74) is 2.81. The van der Waals surface area contributed by atoms with Gasteiger partial charge in [-0.3, -0.25) is 9.59 Å². The van der Waals surface area contributed by atoms with Gasteiger partial charge in [0.1, 0.15) is 18.1 Å². The van der Waals surface area contributed by atoms with Crippen molar-refractivity contribution in [2.24, 2.45) is 0 Å². The molecule has 1 heterocycles. The number of nitrogens with one attached hydrogen (secondary N) is 1. The van der Waals surface area contributed by atoms with Crippen LogP contribution in [-0.4, -0.2) is 35.3 Å². The molecule has 0 spiro atoms. The van der Waals surface area contributed by atoms with Gasteiger partial charge in [-0.25, -0.2) is 0 Å². The summed E-state index contributed by atoms with van der Waals surface area (Å²) >= 11 is 1.13. The van der Waals surface area contributed by atoms with E-state index in [9.17, 15) is 9.59 Å². The zero-order valence-corrected chi connectivity index (χ0v) is 18.1. The van der Waals surface area contributed by atoms with Crippen LogP contribution in [0.5, 0.6) is 5.75 Å². The third kappa shape index (κ3) is 5.42. The highest BCUT2D eigenvalue weighted by atomic mass is 32.2. The molecular formula is C22H23N3O4S. The van der Waals surface area contributed by atoms with E-state index in [1.807, 2.05) is 13.8 Å². The van der Waals surface area contributed by atoms with Crippen LogP contribution in [0.15, 0.2) is 57.9 Å². The Morgan fingerprint density at radius 2 is 1.87 bits per heavy atom. The van der Waals surface area contributed by atoms with Gasteiger partial charge in [0.25, 0.3) is 11.1 Å². The maximum absolute atomic E-state index is 12.6. The Kier molecular flexibility index (Phi) is 6.79. The summed E-state index contributed by atoms with van der Waals surface area (Å²) in [5.74, 6) is 1.05. The van der Waals surface area contributed by atoms with E-state index >= 15 is 0 Å². The molecular weight excluding hydrogens is 402 g/mol. The lowest BCUT2D eigenvalue weighted by Gasteiger charge is -2.10. The second kappa shape index (κ2) is 9.49. The molecule has 0 unspecified atom stereocenters. The molecule has 3 aromatic rings. The number of benzene rings is 2. The van der Waals surface area contributed by atoms with Gasteiger partial charge < -0.3 is 19.5 Å². The largest absolute Gasteiger partial charge is 0.489 e. The van der Waals surface area contributed by atoms with Crippen molar-refractivity contribution in [3.63, 3.8) is 0 Å². The molecule has 2 amide bonds. The number of amides is 2. The number of hydrogen-bond acceptors (Lipinski definition) is 6. The molecule has 7 nitrogen and oxygen atoms in total. The van der Waals surface area contributed by atoms with Crippen molar-refractivity contribution in [2.45, 2.75) is 25.3 Å². The van der Waals surface area contributed by atoms with Gasteiger partial charge in [0.2, 0.25) is 0 Å². The van der Waals surface area contributed by atoms with E-state index in [0.717, 1.165) is 33.7 Å². The summed E-state index contributed by atoms with van der Waals surface area (Å²) in [5, 5.41) is 6.71. The van der Waals surface area contributed by atoms with Gasteiger partial charge in [-0.05, 0) is 68.1 Å². The van der Waals surface area contributed by atoms with Crippen LogP contribution in [0, 0.1) is 13.8 Å². The fourth-order valence-electron chi connectivity index (χ4n) is 2.59. The summed E-state index contributed by atoms with van der Waals surface area (Å²) in [6.45, 7) is 4.01. The minimum absolute atomic E-state index is 0.0554. The Labute approximate surface area is 179 Å². The molecule has 0 aliphatic heterocycles. The molecule has 0 saturated carbocycles. The number of thioether (sulfide) groups is 1. The normalized spacial score (nSPS) is 10.5. The molecule has 0 saturated heterocycles. The summed E-state index contributed by atoms with van der Waals surface area (Å²) in [7, 11) is 3.41. The lowest BCUT2D eigenvalue weighted by atomic mass is 10.2. The van der Waals surface area contributed by atoms with Gasteiger partial charge in [-0.15, -0.1) is 0 Å². The Morgan fingerprint density at radius 3 is 2.50 bits per heavy atom. The molecule has 0 fully saturated rings. The summed E-state index contributed by atoms with van der Waals surface area (Å²) in [6, 6.07) is 14.1. The van der Waals surface area contributed by atoms with Crippen molar-refractivity contribution in [2.75, 3.05) is 19.4 Å². The first-order valence-electron chi connectivity index (χ1n) is 9.28. The number of anilines is 1. The standard InChI is InChI=1S/C22H23N3O4S/c1-14-20(15(2)29-24-14)13-28-18-7-5-6-16(12-18)21(26)23-17-8-10-19(11-9-17)30-22(27)25(3)4/h5-12H,13H2,1-4H3,(H,23,26). The zero-order valence-electron chi connectivity index (χ0n) is 17.3. The van der Waals surface area contributed by atoms with Crippen LogP contribution in [-0.2, 0) is 6.61 Å². The lowest BCUT2D eigenvalue weighted by molar-refractivity contribution is 0.102. The molecule has 1 aromatic heterocycles. The number of nitrogens with zero attached hydrogens (tertiary/aromatic N) is 2. The quantitative estimate of drug-likeness (QED) is 0.566. The van der Waals surface area contributed by atoms with Gasteiger partial charge >= 0.3 is 0 Å². The maximum Gasteiger partial charge on any atom is 0.285 e. The first-order valence-corrected chi connectivity index (χ1v) is 10.1. The average Bonchev–Trinajstić information content (AvgIpc) is 3.05. The van der Waals surface area contributed by atoms with Crippen LogP contribution in [0.3, 0.4) is 0 Å². The molecule has 0 radical (unpaired) electrons. The van der Waals surface area contributed by atoms with Gasteiger partial charge in [0.15, 0.2) is 0 Å². The Balaban J connectivity index is 1.61. The number of carbonyl (C=O) groups is 2. The van der Waals surface area contributed by atoms with Crippen molar-refractivity contribution < 1.29 is 18.8 Å². The zero-order chi connectivity index (χ0) is 21.7. The van der Waals surface area contributed by atoms with Crippen molar-refractivity contribution in [1.82, 2.24) is 10.1 Å². The summed E-state index contributed by atoms with van der Waals surface area (Å²) in [4.78, 5) is 26.7. The van der Waals surface area contributed by atoms with E-state index in [0.29, 0.717) is 23.6 Å². The monoisotopic (exact) mass is 425 g/mol. The molecule has 0 aliphatic carbocycles. The van der Waals surface area contributed by atoms with E-state index in [1.165, 1.54) is 4.90 Å². The van der Waals surface area contributed by atoms with Crippen LogP contribution >= 0.6 is 11.8 Å². The number of ether oxygens (including phenoxy) is 1. The molecule has 1 N–H and O–H groups in total. The minimum Gasteiger partial charge on any atom is -0.489 e. The Morgan fingerprint density at radius 1 is 1.13 bits per heavy atom. The van der Waals surface area contributed by atoms with E-state index < -0.39 is 0 Å². The third-order valence-electron chi connectivity index (χ3n) is 4.34. The predicted molar refractivity (Wildman–Crippen MR) is 116 cm³/mol. The predicted octanol–water partition coefficient (Wildman–Crippen LogP) is 4.90.